The summed E-state index contributed by atoms with van der Waals surface area (Å²) in [7, 11) is 0. The number of aromatic nitrogens is 2. The van der Waals surface area contributed by atoms with Gasteiger partial charge < -0.3 is 14.5 Å². The third kappa shape index (κ3) is 3.88. The van der Waals surface area contributed by atoms with Crippen LogP contribution in [0.5, 0.6) is 0 Å². The molecule has 0 aliphatic carbocycles. The lowest BCUT2D eigenvalue weighted by atomic mass is 10.2. The van der Waals surface area contributed by atoms with Gasteiger partial charge in [-0.1, -0.05) is 0 Å². The van der Waals surface area contributed by atoms with E-state index in [0.29, 0.717) is 32.8 Å². The zero-order chi connectivity index (χ0) is 17.0. The topological polar surface area (TPSA) is 84.7 Å². The Labute approximate surface area is 134 Å². The van der Waals surface area contributed by atoms with Crippen molar-refractivity contribution in [3.8, 4) is 0 Å². The molecule has 8 heteroatoms. The molecule has 0 bridgehead atoms. The molecule has 0 unspecified atom stereocenters. The van der Waals surface area contributed by atoms with Crippen molar-refractivity contribution in [2.75, 3.05) is 32.8 Å². The molecule has 1 saturated heterocycles. The van der Waals surface area contributed by atoms with E-state index in [2.05, 4.69) is 5.10 Å². The summed E-state index contributed by atoms with van der Waals surface area (Å²) in [5.41, 5.74) is 0.00608. The van der Waals surface area contributed by atoms with Gasteiger partial charge in [0.05, 0.1) is 12.6 Å². The van der Waals surface area contributed by atoms with Crippen molar-refractivity contribution in [2.24, 2.45) is 0 Å². The van der Waals surface area contributed by atoms with Gasteiger partial charge in [0.1, 0.15) is 5.69 Å². The molecule has 0 spiro atoms. The molecule has 0 N–H and O–H groups in total. The van der Waals surface area contributed by atoms with Crippen LogP contribution in [0, 0.1) is 0 Å². The van der Waals surface area contributed by atoms with Crippen molar-refractivity contribution < 1.29 is 14.3 Å². The number of amides is 2. The van der Waals surface area contributed by atoms with Gasteiger partial charge in [-0.25, -0.2) is 9.48 Å². The van der Waals surface area contributed by atoms with Crippen molar-refractivity contribution in [3.05, 3.63) is 28.2 Å². The van der Waals surface area contributed by atoms with E-state index >= 15 is 0 Å². The fourth-order valence-corrected chi connectivity index (χ4v) is 2.38. The molecule has 1 aliphatic rings. The quantitative estimate of drug-likeness (QED) is 0.819. The molecule has 1 aliphatic heterocycles. The molecule has 23 heavy (non-hydrogen) atoms. The van der Waals surface area contributed by atoms with Crippen molar-refractivity contribution in [2.45, 2.75) is 26.8 Å². The minimum Gasteiger partial charge on any atom is -0.450 e. The molecule has 0 aromatic carbocycles. The third-order valence-electron chi connectivity index (χ3n) is 3.63. The predicted octanol–water partition coefficient (Wildman–Crippen LogP) is 0.739. The summed E-state index contributed by atoms with van der Waals surface area (Å²) in [6.07, 6.45) is -0.355. The standard InChI is InChI=1S/C15H22N4O4/c1-4-23-15(22)18-9-7-17(8-10-18)14(21)12-5-6-13(20)19(16-12)11(2)3/h5-6,11H,4,7-10H2,1-3H3. The number of hydrogen-bond donors (Lipinski definition) is 0. The average molecular weight is 322 g/mol. The van der Waals surface area contributed by atoms with Gasteiger partial charge >= 0.3 is 6.09 Å². The zero-order valence-corrected chi connectivity index (χ0v) is 13.7. The highest BCUT2D eigenvalue weighted by molar-refractivity contribution is 5.92. The molecule has 0 radical (unpaired) electrons. The molecular weight excluding hydrogens is 300 g/mol. The van der Waals surface area contributed by atoms with E-state index in [9.17, 15) is 14.4 Å². The molecule has 2 rings (SSSR count). The second kappa shape index (κ2) is 7.26. The van der Waals surface area contributed by atoms with E-state index in [-0.39, 0.29) is 29.3 Å². The van der Waals surface area contributed by atoms with Gasteiger partial charge in [0, 0.05) is 32.2 Å². The molecule has 8 nitrogen and oxygen atoms in total. The third-order valence-corrected chi connectivity index (χ3v) is 3.63. The molecule has 1 fully saturated rings. The van der Waals surface area contributed by atoms with Crippen LogP contribution in [0.2, 0.25) is 0 Å². The van der Waals surface area contributed by atoms with Crippen molar-refractivity contribution >= 4 is 12.0 Å². The van der Waals surface area contributed by atoms with E-state index in [1.165, 1.54) is 16.8 Å². The second-order valence-corrected chi connectivity index (χ2v) is 5.57. The Bertz CT molecular complexity index is 633. The normalized spacial score (nSPS) is 15.0. The highest BCUT2D eigenvalue weighted by Gasteiger charge is 2.26. The van der Waals surface area contributed by atoms with Gasteiger partial charge in [0.25, 0.3) is 11.5 Å². The first kappa shape index (κ1) is 17.0. The summed E-state index contributed by atoms with van der Waals surface area (Å²) < 4.78 is 6.24. The first-order valence-corrected chi connectivity index (χ1v) is 7.75. The van der Waals surface area contributed by atoms with Crippen LogP contribution in [-0.2, 0) is 4.74 Å². The number of ether oxygens (including phenoxy) is 1. The summed E-state index contributed by atoms with van der Waals surface area (Å²) in [6.45, 7) is 7.44. The minimum absolute atomic E-state index is 0.115. The Kier molecular flexibility index (Phi) is 5.36. The lowest BCUT2D eigenvalue weighted by Crippen LogP contribution is -2.51. The maximum absolute atomic E-state index is 12.5. The summed E-state index contributed by atoms with van der Waals surface area (Å²) in [5.74, 6) is -0.233. The van der Waals surface area contributed by atoms with Gasteiger partial charge in [-0.05, 0) is 26.8 Å². The van der Waals surface area contributed by atoms with Crippen LogP contribution in [0.15, 0.2) is 16.9 Å². The lowest BCUT2D eigenvalue weighted by molar-refractivity contribution is 0.0563. The molecule has 2 heterocycles. The number of carbonyl (C=O) groups excluding carboxylic acids is 2. The van der Waals surface area contributed by atoms with E-state index < -0.39 is 0 Å². The first-order valence-electron chi connectivity index (χ1n) is 7.75. The summed E-state index contributed by atoms with van der Waals surface area (Å²) >= 11 is 0. The molecule has 1 aromatic heterocycles. The average Bonchev–Trinajstić information content (AvgIpc) is 2.54. The van der Waals surface area contributed by atoms with Gasteiger partial charge in [-0.2, -0.15) is 5.10 Å². The van der Waals surface area contributed by atoms with Crippen LogP contribution in [-0.4, -0.2) is 64.4 Å². The Morgan fingerprint density at radius 3 is 2.35 bits per heavy atom. The highest BCUT2D eigenvalue weighted by Crippen LogP contribution is 2.08. The number of rotatable bonds is 3. The molecule has 0 atom stereocenters. The molecular formula is C15H22N4O4. The van der Waals surface area contributed by atoms with E-state index in [1.807, 2.05) is 13.8 Å². The fraction of sp³-hybridized carbons (Fsp3) is 0.600. The fourth-order valence-electron chi connectivity index (χ4n) is 2.38. The maximum Gasteiger partial charge on any atom is 0.409 e. The van der Waals surface area contributed by atoms with Crippen molar-refractivity contribution in [3.63, 3.8) is 0 Å². The lowest BCUT2D eigenvalue weighted by Gasteiger charge is -2.33. The van der Waals surface area contributed by atoms with Gasteiger partial charge in [-0.3, -0.25) is 9.59 Å². The highest BCUT2D eigenvalue weighted by atomic mass is 16.6. The summed E-state index contributed by atoms with van der Waals surface area (Å²) in [4.78, 5) is 39.1. The van der Waals surface area contributed by atoms with Crippen LogP contribution < -0.4 is 5.56 Å². The molecule has 1 aromatic rings. The van der Waals surface area contributed by atoms with E-state index in [0.717, 1.165) is 0 Å². The van der Waals surface area contributed by atoms with E-state index in [4.69, 9.17) is 4.74 Å². The zero-order valence-electron chi connectivity index (χ0n) is 13.7. The summed E-state index contributed by atoms with van der Waals surface area (Å²) in [6, 6.07) is 2.69. The number of nitrogens with zero attached hydrogens (tertiary/aromatic N) is 4. The molecule has 0 saturated carbocycles. The smallest absolute Gasteiger partial charge is 0.409 e. The van der Waals surface area contributed by atoms with Crippen LogP contribution >= 0.6 is 0 Å². The monoisotopic (exact) mass is 322 g/mol. The summed E-state index contributed by atoms with van der Waals surface area (Å²) in [5, 5.41) is 4.14. The number of carbonyl (C=O) groups is 2. The maximum atomic E-state index is 12.5. The molecule has 2 amide bonds. The van der Waals surface area contributed by atoms with Crippen molar-refractivity contribution in [1.82, 2.24) is 19.6 Å². The largest absolute Gasteiger partial charge is 0.450 e. The number of hydrogen-bond acceptors (Lipinski definition) is 5. The van der Waals surface area contributed by atoms with Crippen LogP contribution in [0.4, 0.5) is 4.79 Å². The Morgan fingerprint density at radius 1 is 1.17 bits per heavy atom. The van der Waals surface area contributed by atoms with Gasteiger partial charge in [0.15, 0.2) is 0 Å². The Morgan fingerprint density at radius 2 is 1.78 bits per heavy atom. The first-order chi connectivity index (χ1) is 10.9. The van der Waals surface area contributed by atoms with Crippen LogP contribution in [0.1, 0.15) is 37.3 Å². The predicted molar refractivity (Wildman–Crippen MR) is 83.4 cm³/mol. The molecule has 126 valence electrons. The Balaban J connectivity index is 2.04. The van der Waals surface area contributed by atoms with Crippen molar-refractivity contribution in [1.29, 1.82) is 0 Å². The van der Waals surface area contributed by atoms with Crippen LogP contribution in [0.25, 0.3) is 0 Å². The minimum atomic E-state index is -0.355. The number of piperazine rings is 1. The van der Waals surface area contributed by atoms with E-state index in [1.54, 1.807) is 16.7 Å². The van der Waals surface area contributed by atoms with Crippen LogP contribution in [0.3, 0.4) is 0 Å². The second-order valence-electron chi connectivity index (χ2n) is 5.57. The Hall–Kier alpha value is -2.38. The van der Waals surface area contributed by atoms with Gasteiger partial charge in [-0.15, -0.1) is 0 Å². The SMILES string of the molecule is CCOC(=O)N1CCN(C(=O)c2ccc(=O)n(C(C)C)n2)CC1. The van der Waals surface area contributed by atoms with Gasteiger partial charge in [0.2, 0.25) is 0 Å².